The Hall–Kier alpha value is -1.17. The van der Waals surface area contributed by atoms with E-state index in [2.05, 4.69) is 0 Å². The number of carbonyl (C=O) groups excluding carboxylic acids is 4. The van der Waals surface area contributed by atoms with E-state index in [1.165, 1.54) is 13.8 Å². The van der Waals surface area contributed by atoms with Crippen LogP contribution < -0.4 is 0 Å². The SMILES string of the molecule is CC(=O)C(C)C(=O)SN1C(=O)CCC1=O. The minimum absolute atomic E-state index is 0.146. The van der Waals surface area contributed by atoms with E-state index in [0.717, 1.165) is 4.31 Å². The second-order valence-corrected chi connectivity index (χ2v) is 4.27. The number of nitrogens with zero attached hydrogens (tertiary/aromatic N) is 1. The molecule has 1 heterocycles. The number of amides is 2. The molecule has 0 bridgehead atoms. The van der Waals surface area contributed by atoms with Crippen molar-refractivity contribution < 1.29 is 19.2 Å². The highest BCUT2D eigenvalue weighted by Crippen LogP contribution is 2.24. The molecule has 0 aromatic carbocycles. The summed E-state index contributed by atoms with van der Waals surface area (Å²) in [6.07, 6.45) is 0.293. The van der Waals surface area contributed by atoms with Crippen molar-refractivity contribution in [3.8, 4) is 0 Å². The zero-order valence-electron chi connectivity index (χ0n) is 8.48. The summed E-state index contributed by atoms with van der Waals surface area (Å²) in [5.41, 5.74) is 0. The van der Waals surface area contributed by atoms with Crippen LogP contribution in [0.15, 0.2) is 0 Å². The molecule has 0 saturated carbocycles. The maximum atomic E-state index is 11.4. The molecule has 0 N–H and O–H groups in total. The lowest BCUT2D eigenvalue weighted by molar-refractivity contribution is -0.133. The third-order valence-electron chi connectivity index (χ3n) is 2.15. The van der Waals surface area contributed by atoms with Gasteiger partial charge in [-0.3, -0.25) is 19.2 Å². The average Bonchev–Trinajstić information content (AvgIpc) is 2.47. The molecule has 1 atom stereocenters. The number of hydrogen-bond acceptors (Lipinski definition) is 5. The second-order valence-electron chi connectivity index (χ2n) is 3.32. The van der Waals surface area contributed by atoms with Crippen molar-refractivity contribution in [2.45, 2.75) is 26.7 Å². The van der Waals surface area contributed by atoms with E-state index in [1.54, 1.807) is 0 Å². The first-order chi connectivity index (χ1) is 6.93. The van der Waals surface area contributed by atoms with E-state index in [0.29, 0.717) is 11.9 Å². The Morgan fingerprint density at radius 2 is 1.73 bits per heavy atom. The number of imide groups is 1. The van der Waals surface area contributed by atoms with E-state index in [9.17, 15) is 19.2 Å². The van der Waals surface area contributed by atoms with E-state index < -0.39 is 11.0 Å². The fourth-order valence-corrected chi connectivity index (χ4v) is 1.88. The van der Waals surface area contributed by atoms with Crippen LogP contribution in [0.25, 0.3) is 0 Å². The van der Waals surface area contributed by atoms with Crippen molar-refractivity contribution in [1.82, 2.24) is 4.31 Å². The summed E-state index contributed by atoms with van der Waals surface area (Å²) in [5.74, 6) is -1.79. The van der Waals surface area contributed by atoms with Gasteiger partial charge in [0.15, 0.2) is 0 Å². The minimum atomic E-state index is -0.781. The van der Waals surface area contributed by atoms with Gasteiger partial charge < -0.3 is 0 Å². The van der Waals surface area contributed by atoms with Gasteiger partial charge in [-0.05, 0) is 13.8 Å². The molecule has 1 unspecified atom stereocenters. The Balaban J connectivity index is 2.62. The molecule has 82 valence electrons. The van der Waals surface area contributed by atoms with Crippen molar-refractivity contribution >= 4 is 34.7 Å². The quantitative estimate of drug-likeness (QED) is 0.401. The molecule has 1 aliphatic heterocycles. The molecule has 5 nitrogen and oxygen atoms in total. The van der Waals surface area contributed by atoms with Crippen LogP contribution in [0.1, 0.15) is 26.7 Å². The third kappa shape index (κ3) is 2.65. The van der Waals surface area contributed by atoms with Crippen LogP contribution in [0.5, 0.6) is 0 Å². The van der Waals surface area contributed by atoms with Crippen LogP contribution in [-0.2, 0) is 19.2 Å². The van der Waals surface area contributed by atoms with Crippen LogP contribution in [0, 0.1) is 5.92 Å². The highest BCUT2D eigenvalue weighted by Gasteiger charge is 2.33. The minimum Gasteiger partial charge on any atom is -0.299 e. The predicted octanol–water partition coefficient (Wildman–Crippen LogP) is 0.535. The number of rotatable bonds is 3. The Kier molecular flexibility index (Phi) is 3.62. The lowest BCUT2D eigenvalue weighted by atomic mass is 10.1. The lowest BCUT2D eigenvalue weighted by Gasteiger charge is -2.12. The molecular formula is C9H11NO4S. The van der Waals surface area contributed by atoms with E-state index in [-0.39, 0.29) is 30.4 Å². The molecule has 1 rings (SSSR count). The van der Waals surface area contributed by atoms with Gasteiger partial charge in [0, 0.05) is 24.8 Å². The second kappa shape index (κ2) is 4.57. The van der Waals surface area contributed by atoms with Gasteiger partial charge in [0.05, 0.1) is 5.92 Å². The Morgan fingerprint density at radius 1 is 1.27 bits per heavy atom. The van der Waals surface area contributed by atoms with Crippen LogP contribution in [0.4, 0.5) is 0 Å². The van der Waals surface area contributed by atoms with Gasteiger partial charge in [-0.25, -0.2) is 4.31 Å². The summed E-state index contributed by atoms with van der Waals surface area (Å²) >= 11 is 0.534. The first-order valence-corrected chi connectivity index (χ1v) is 5.29. The Labute approximate surface area is 91.3 Å². The summed E-state index contributed by atoms with van der Waals surface area (Å²) in [6.45, 7) is 2.76. The van der Waals surface area contributed by atoms with Crippen molar-refractivity contribution in [2.24, 2.45) is 5.92 Å². The summed E-state index contributed by atoms with van der Waals surface area (Å²) in [4.78, 5) is 44.6. The molecule has 1 saturated heterocycles. The lowest BCUT2D eigenvalue weighted by Crippen LogP contribution is -2.27. The fraction of sp³-hybridized carbons (Fsp3) is 0.556. The number of Topliss-reactive ketones (excluding diaryl/α,β-unsaturated/α-hetero) is 1. The van der Waals surface area contributed by atoms with Crippen molar-refractivity contribution in [3.63, 3.8) is 0 Å². The molecule has 1 fully saturated rings. The smallest absolute Gasteiger partial charge is 0.240 e. The van der Waals surface area contributed by atoms with E-state index in [1.807, 2.05) is 0 Å². The van der Waals surface area contributed by atoms with Crippen LogP contribution in [0.3, 0.4) is 0 Å². The van der Waals surface area contributed by atoms with Crippen LogP contribution >= 0.6 is 11.9 Å². The normalized spacial score (nSPS) is 18.1. The Bertz CT molecular complexity index is 323. The van der Waals surface area contributed by atoms with Crippen molar-refractivity contribution in [1.29, 1.82) is 0 Å². The maximum absolute atomic E-state index is 11.4. The van der Waals surface area contributed by atoms with E-state index >= 15 is 0 Å². The van der Waals surface area contributed by atoms with Crippen LogP contribution in [0.2, 0.25) is 0 Å². The summed E-state index contributed by atoms with van der Waals surface area (Å²) in [5, 5.41) is -0.467. The van der Waals surface area contributed by atoms with Gasteiger partial charge in [-0.15, -0.1) is 0 Å². The standard InChI is InChI=1S/C9H11NO4S/c1-5(6(2)11)9(14)15-10-7(12)3-4-8(10)13/h5H,3-4H2,1-2H3. The average molecular weight is 229 g/mol. The molecule has 0 aromatic rings. The molecule has 0 radical (unpaired) electrons. The van der Waals surface area contributed by atoms with E-state index in [4.69, 9.17) is 0 Å². The number of ketones is 1. The van der Waals surface area contributed by atoms with Gasteiger partial charge in [0.1, 0.15) is 5.78 Å². The van der Waals surface area contributed by atoms with Gasteiger partial charge >= 0.3 is 0 Å². The molecule has 0 aromatic heterocycles. The molecule has 6 heteroatoms. The molecule has 0 spiro atoms. The first kappa shape index (κ1) is 11.9. The van der Waals surface area contributed by atoms with Gasteiger partial charge in [-0.1, -0.05) is 0 Å². The van der Waals surface area contributed by atoms with Crippen molar-refractivity contribution in [3.05, 3.63) is 0 Å². The summed E-state index contributed by atoms with van der Waals surface area (Å²) in [6, 6.07) is 0. The monoisotopic (exact) mass is 229 g/mol. The maximum Gasteiger partial charge on any atom is 0.240 e. The first-order valence-electron chi connectivity index (χ1n) is 4.51. The molecule has 15 heavy (non-hydrogen) atoms. The molecule has 1 aliphatic rings. The largest absolute Gasteiger partial charge is 0.299 e. The van der Waals surface area contributed by atoms with Gasteiger partial charge in [0.2, 0.25) is 16.9 Å². The summed E-state index contributed by atoms with van der Waals surface area (Å²) in [7, 11) is 0. The third-order valence-corrected chi connectivity index (χ3v) is 3.27. The van der Waals surface area contributed by atoms with Gasteiger partial charge in [-0.2, -0.15) is 0 Å². The topological polar surface area (TPSA) is 71.5 Å². The molecule has 0 aliphatic carbocycles. The fourth-order valence-electron chi connectivity index (χ4n) is 0.993. The highest BCUT2D eigenvalue weighted by molar-refractivity contribution is 8.12. The van der Waals surface area contributed by atoms with Gasteiger partial charge in [0.25, 0.3) is 0 Å². The molecule has 2 amide bonds. The highest BCUT2D eigenvalue weighted by atomic mass is 32.2. The molecular weight excluding hydrogens is 218 g/mol. The Morgan fingerprint density at radius 3 is 2.13 bits per heavy atom. The number of carbonyl (C=O) groups is 4. The zero-order chi connectivity index (χ0) is 11.6. The predicted molar refractivity (Wildman–Crippen MR) is 53.5 cm³/mol. The summed E-state index contributed by atoms with van der Waals surface area (Å²) < 4.78 is 0.849. The van der Waals surface area contributed by atoms with Crippen molar-refractivity contribution in [2.75, 3.05) is 0 Å². The van der Waals surface area contributed by atoms with Crippen LogP contribution in [-0.4, -0.2) is 27.0 Å². The zero-order valence-corrected chi connectivity index (χ0v) is 9.30. The number of hydrogen-bond donors (Lipinski definition) is 0.